The summed E-state index contributed by atoms with van der Waals surface area (Å²) in [7, 11) is 1.54. The van der Waals surface area contributed by atoms with E-state index >= 15 is 0 Å². The van der Waals surface area contributed by atoms with Crippen molar-refractivity contribution < 1.29 is 34.1 Å². The van der Waals surface area contributed by atoms with Gasteiger partial charge in [0.2, 0.25) is 5.91 Å². The summed E-state index contributed by atoms with van der Waals surface area (Å²) >= 11 is 5.89. The second-order valence-electron chi connectivity index (χ2n) is 7.30. The minimum Gasteiger partial charge on any atom is -0.497 e. The molecule has 3 aromatic rings. The number of benzene rings is 2. The van der Waals surface area contributed by atoms with Crippen molar-refractivity contribution >= 4 is 46.2 Å². The highest BCUT2D eigenvalue weighted by atomic mass is 35.5. The maximum atomic E-state index is 13.0. The highest BCUT2D eigenvalue weighted by Crippen LogP contribution is 2.30. The van der Waals surface area contributed by atoms with Gasteiger partial charge in [-0.3, -0.25) is 29.1 Å². The van der Waals surface area contributed by atoms with E-state index in [1.165, 1.54) is 4.57 Å². The summed E-state index contributed by atoms with van der Waals surface area (Å²) in [6.07, 6.45) is -1.36. The van der Waals surface area contributed by atoms with Crippen LogP contribution in [0.3, 0.4) is 0 Å². The number of carbonyl (C=O) groups is 4. The molecule has 1 aromatic heterocycles. The zero-order valence-corrected chi connectivity index (χ0v) is 18.5. The number of imide groups is 1. The van der Waals surface area contributed by atoms with Gasteiger partial charge in [0.25, 0.3) is 11.8 Å². The van der Waals surface area contributed by atoms with Gasteiger partial charge in [0, 0.05) is 21.7 Å². The standard InChI is InChI=1S/C19H16ClNO4.C4H5NO3/c1-11-15(10-18(22)23)16-9-14(25-2)7-8-17(16)21(11)19(24)12-3-5-13(20)6-4-12;6-2-1-3(7)5-4(2)8/h3-9H,10H2,1-2H3,(H,22,23);2,6H,1H2,(H,5,7,8). The zero-order chi connectivity index (χ0) is 24.3. The van der Waals surface area contributed by atoms with Crippen molar-refractivity contribution in [1.29, 1.82) is 0 Å². The number of hydrogen-bond donors (Lipinski definition) is 3. The highest BCUT2D eigenvalue weighted by molar-refractivity contribution is 6.30. The maximum Gasteiger partial charge on any atom is 0.307 e. The first-order valence-electron chi connectivity index (χ1n) is 9.84. The van der Waals surface area contributed by atoms with Crippen LogP contribution < -0.4 is 10.1 Å². The fraction of sp³-hybridized carbons (Fsp3) is 0.217. The van der Waals surface area contributed by atoms with Crippen molar-refractivity contribution in [2.45, 2.75) is 25.9 Å². The van der Waals surface area contributed by atoms with Crippen molar-refractivity contribution in [3.05, 3.63) is 64.3 Å². The van der Waals surface area contributed by atoms with E-state index in [2.05, 4.69) is 0 Å². The minimum atomic E-state index is -1.11. The second-order valence-corrected chi connectivity index (χ2v) is 7.73. The summed E-state index contributed by atoms with van der Waals surface area (Å²) in [6, 6.07) is 11.9. The number of aromatic nitrogens is 1. The first kappa shape index (κ1) is 24.0. The number of ether oxygens (including phenoxy) is 1. The van der Waals surface area contributed by atoms with Crippen LogP contribution in [0.2, 0.25) is 5.02 Å². The van der Waals surface area contributed by atoms with Crippen molar-refractivity contribution in [3.63, 3.8) is 0 Å². The third-order valence-corrected chi connectivity index (χ3v) is 5.36. The SMILES string of the molecule is COc1ccc2c(c1)c(CC(=O)O)c(C)n2C(=O)c1ccc(Cl)cc1.O=C1CC(O)C(=O)N1. The molecule has 1 atom stereocenters. The Kier molecular flexibility index (Phi) is 7.15. The monoisotopic (exact) mass is 472 g/mol. The molecule has 9 nitrogen and oxygen atoms in total. The van der Waals surface area contributed by atoms with E-state index in [4.69, 9.17) is 21.4 Å². The van der Waals surface area contributed by atoms with Gasteiger partial charge in [-0.15, -0.1) is 0 Å². The molecule has 4 rings (SSSR count). The van der Waals surface area contributed by atoms with Gasteiger partial charge in [0.05, 0.1) is 25.5 Å². The van der Waals surface area contributed by atoms with Gasteiger partial charge in [0.1, 0.15) is 11.9 Å². The van der Waals surface area contributed by atoms with Gasteiger partial charge in [-0.05, 0) is 55.0 Å². The third-order valence-electron chi connectivity index (χ3n) is 5.11. The fourth-order valence-electron chi connectivity index (χ4n) is 3.49. The van der Waals surface area contributed by atoms with Crippen LogP contribution in [-0.4, -0.2) is 51.7 Å². The number of rotatable bonds is 4. The average Bonchev–Trinajstić information content (AvgIpc) is 3.21. The number of halogens is 1. The molecule has 10 heteroatoms. The van der Waals surface area contributed by atoms with E-state index in [1.54, 1.807) is 56.5 Å². The number of carbonyl (C=O) groups excluding carboxylic acids is 3. The molecule has 0 saturated carbocycles. The van der Waals surface area contributed by atoms with Crippen molar-refractivity contribution in [3.8, 4) is 5.75 Å². The summed E-state index contributed by atoms with van der Waals surface area (Å²) in [4.78, 5) is 44.6. The number of fused-ring (bicyclic) bond motifs is 1. The van der Waals surface area contributed by atoms with Crippen molar-refractivity contribution in [1.82, 2.24) is 9.88 Å². The van der Waals surface area contributed by atoms with Gasteiger partial charge >= 0.3 is 5.97 Å². The lowest BCUT2D eigenvalue weighted by Gasteiger charge is -2.08. The van der Waals surface area contributed by atoms with E-state index in [0.717, 1.165) is 0 Å². The molecule has 1 saturated heterocycles. The lowest BCUT2D eigenvalue weighted by molar-refractivity contribution is -0.136. The third kappa shape index (κ3) is 5.21. The Hall–Kier alpha value is -3.69. The number of carboxylic acids is 1. The summed E-state index contributed by atoms with van der Waals surface area (Å²) < 4.78 is 6.77. The number of hydrogen-bond acceptors (Lipinski definition) is 6. The lowest BCUT2D eigenvalue weighted by atomic mass is 10.1. The molecule has 1 aliphatic rings. The summed E-state index contributed by atoms with van der Waals surface area (Å²) in [6.45, 7) is 1.75. The van der Waals surface area contributed by atoms with Crippen LogP contribution >= 0.6 is 11.6 Å². The van der Waals surface area contributed by atoms with Crippen molar-refractivity contribution in [2.75, 3.05) is 7.11 Å². The quantitative estimate of drug-likeness (QED) is 0.496. The Morgan fingerprint density at radius 2 is 1.85 bits per heavy atom. The first-order chi connectivity index (χ1) is 15.6. The van der Waals surface area contributed by atoms with Crippen LogP contribution in [0.1, 0.15) is 28.0 Å². The molecule has 0 aliphatic carbocycles. The van der Waals surface area contributed by atoms with E-state index < -0.39 is 23.9 Å². The molecular weight excluding hydrogens is 452 g/mol. The summed E-state index contributed by atoms with van der Waals surface area (Å²) in [5.41, 5.74) is 2.32. The largest absolute Gasteiger partial charge is 0.497 e. The summed E-state index contributed by atoms with van der Waals surface area (Å²) in [5, 5.41) is 20.9. The number of aliphatic hydroxyl groups is 1. The van der Waals surface area contributed by atoms with E-state index in [0.29, 0.717) is 38.5 Å². The minimum absolute atomic E-state index is 0.0845. The molecule has 2 aromatic carbocycles. The van der Waals surface area contributed by atoms with Gasteiger partial charge in [-0.25, -0.2) is 0 Å². The van der Waals surface area contributed by atoms with Crippen LogP contribution in [-0.2, 0) is 20.8 Å². The van der Waals surface area contributed by atoms with Crippen LogP contribution in [0.4, 0.5) is 0 Å². The Labute approximate surface area is 193 Å². The Morgan fingerprint density at radius 1 is 1.18 bits per heavy atom. The van der Waals surface area contributed by atoms with Gasteiger partial charge < -0.3 is 14.9 Å². The van der Waals surface area contributed by atoms with E-state index in [1.807, 2.05) is 5.32 Å². The Bertz CT molecular complexity index is 1250. The van der Waals surface area contributed by atoms with Gasteiger partial charge in [-0.1, -0.05) is 11.6 Å². The van der Waals surface area contributed by atoms with Crippen LogP contribution in [0.15, 0.2) is 42.5 Å². The predicted octanol–water partition coefficient (Wildman–Crippen LogP) is 2.32. The molecule has 172 valence electrons. The van der Waals surface area contributed by atoms with Gasteiger partial charge in [-0.2, -0.15) is 0 Å². The number of aliphatic carboxylic acids is 1. The maximum absolute atomic E-state index is 13.0. The normalized spacial score (nSPS) is 15.1. The molecule has 33 heavy (non-hydrogen) atoms. The Balaban J connectivity index is 0.000000323. The smallest absolute Gasteiger partial charge is 0.307 e. The number of amides is 2. The zero-order valence-electron chi connectivity index (χ0n) is 17.8. The first-order valence-corrected chi connectivity index (χ1v) is 10.2. The Morgan fingerprint density at radius 3 is 2.33 bits per heavy atom. The van der Waals surface area contributed by atoms with Crippen molar-refractivity contribution in [2.24, 2.45) is 0 Å². The fourth-order valence-corrected chi connectivity index (χ4v) is 3.61. The molecule has 0 bridgehead atoms. The highest BCUT2D eigenvalue weighted by Gasteiger charge is 2.27. The summed E-state index contributed by atoms with van der Waals surface area (Å²) in [5.74, 6) is -1.57. The number of nitrogens with one attached hydrogen (secondary N) is 1. The van der Waals surface area contributed by atoms with E-state index in [9.17, 15) is 24.3 Å². The molecule has 1 aliphatic heterocycles. The number of aliphatic hydroxyl groups excluding tert-OH is 1. The lowest BCUT2D eigenvalue weighted by Crippen LogP contribution is -2.24. The molecular formula is C23H21ClN2O7. The van der Waals surface area contributed by atoms with Crippen LogP contribution in [0.25, 0.3) is 10.9 Å². The van der Waals surface area contributed by atoms with Crippen LogP contribution in [0, 0.1) is 6.92 Å². The number of carboxylic acid groups (broad SMARTS) is 1. The molecule has 2 heterocycles. The molecule has 3 N–H and O–H groups in total. The number of nitrogens with zero attached hydrogens (tertiary/aromatic N) is 1. The van der Waals surface area contributed by atoms with Gasteiger partial charge in [0.15, 0.2) is 0 Å². The molecule has 0 radical (unpaired) electrons. The predicted molar refractivity (Wildman–Crippen MR) is 120 cm³/mol. The molecule has 1 unspecified atom stereocenters. The molecule has 1 fully saturated rings. The van der Waals surface area contributed by atoms with E-state index in [-0.39, 0.29) is 18.7 Å². The average molecular weight is 473 g/mol. The molecule has 2 amide bonds. The topological polar surface area (TPSA) is 135 Å². The number of methoxy groups -OCH3 is 1. The molecule has 0 spiro atoms. The van der Waals surface area contributed by atoms with Crippen LogP contribution in [0.5, 0.6) is 5.75 Å². The second kappa shape index (κ2) is 9.85.